The molecule has 0 spiro atoms. The van der Waals surface area contributed by atoms with Crippen molar-refractivity contribution >= 4 is 15.9 Å². The normalized spacial score (nSPS) is 20.4. The summed E-state index contributed by atoms with van der Waals surface area (Å²) in [5, 5.41) is 0. The number of rotatable bonds is 6. The van der Waals surface area contributed by atoms with Crippen LogP contribution in [0, 0.1) is 5.92 Å². The fraction of sp³-hybridized carbons (Fsp3) is 0.500. The van der Waals surface area contributed by atoms with Crippen LogP contribution in [-0.4, -0.2) is 50.3 Å². The fourth-order valence-electron chi connectivity index (χ4n) is 4.95. The number of carbonyl (C=O) groups excluding carboxylic acids is 1. The number of methoxy groups -OCH3 is 1. The van der Waals surface area contributed by atoms with Crippen LogP contribution >= 0.6 is 0 Å². The smallest absolute Gasteiger partial charge is 0.243 e. The van der Waals surface area contributed by atoms with Crippen molar-refractivity contribution in [3.8, 4) is 5.75 Å². The van der Waals surface area contributed by atoms with Gasteiger partial charge >= 0.3 is 0 Å². The third-order valence-corrected chi connectivity index (χ3v) is 8.94. The van der Waals surface area contributed by atoms with E-state index in [0.717, 1.165) is 36.3 Å². The minimum atomic E-state index is -3.54. The molecule has 1 atom stereocenters. The summed E-state index contributed by atoms with van der Waals surface area (Å²) < 4.78 is 33.0. The monoisotopic (exact) mass is 470 g/mol. The first-order chi connectivity index (χ1) is 15.8. The predicted molar refractivity (Wildman–Crippen MR) is 129 cm³/mol. The zero-order valence-electron chi connectivity index (χ0n) is 19.7. The maximum atomic E-state index is 13.4. The first-order valence-corrected chi connectivity index (χ1v) is 13.3. The van der Waals surface area contributed by atoms with E-state index in [0.29, 0.717) is 36.7 Å². The Bertz CT molecular complexity index is 1060. The Balaban J connectivity index is 1.40. The Morgan fingerprint density at radius 2 is 1.58 bits per heavy atom. The van der Waals surface area contributed by atoms with Crippen LogP contribution in [0.1, 0.15) is 62.6 Å². The van der Waals surface area contributed by atoms with Crippen molar-refractivity contribution < 1.29 is 17.9 Å². The van der Waals surface area contributed by atoms with Gasteiger partial charge in [-0.25, -0.2) is 8.42 Å². The number of amides is 1. The highest BCUT2D eigenvalue weighted by Gasteiger charge is 2.37. The number of ether oxygens (including phenoxy) is 1. The molecule has 2 aliphatic heterocycles. The van der Waals surface area contributed by atoms with Crippen LogP contribution < -0.4 is 4.74 Å². The number of sulfonamides is 1. The topological polar surface area (TPSA) is 66.9 Å². The molecule has 4 rings (SSSR count). The van der Waals surface area contributed by atoms with Crippen LogP contribution in [0.25, 0.3) is 0 Å². The number of hydrogen-bond donors (Lipinski definition) is 0. The third-order valence-electron chi connectivity index (χ3n) is 7.02. The molecule has 2 heterocycles. The van der Waals surface area contributed by atoms with Crippen molar-refractivity contribution in [3.63, 3.8) is 0 Å². The molecule has 6 nitrogen and oxygen atoms in total. The molecule has 33 heavy (non-hydrogen) atoms. The van der Waals surface area contributed by atoms with Crippen LogP contribution in [0.15, 0.2) is 53.4 Å². The lowest BCUT2D eigenvalue weighted by Crippen LogP contribution is -2.44. The second-order valence-corrected chi connectivity index (χ2v) is 11.3. The Hall–Kier alpha value is -2.38. The number of piperidine rings is 1. The van der Waals surface area contributed by atoms with E-state index < -0.39 is 10.0 Å². The van der Waals surface area contributed by atoms with Crippen molar-refractivity contribution in [2.24, 2.45) is 5.92 Å². The maximum Gasteiger partial charge on any atom is 0.243 e. The lowest BCUT2D eigenvalue weighted by atomic mass is 9.95. The number of likely N-dealkylation sites (tertiary alicyclic amines) is 1. The molecule has 1 amide bonds. The minimum Gasteiger partial charge on any atom is -0.497 e. The average molecular weight is 471 g/mol. The van der Waals surface area contributed by atoms with Crippen LogP contribution in [-0.2, 0) is 14.8 Å². The van der Waals surface area contributed by atoms with E-state index in [2.05, 4.69) is 13.8 Å². The molecule has 2 aliphatic rings. The highest BCUT2D eigenvalue weighted by atomic mass is 32.2. The average Bonchev–Trinajstić information content (AvgIpc) is 3.33. The molecule has 2 aromatic carbocycles. The summed E-state index contributed by atoms with van der Waals surface area (Å²) in [7, 11) is -1.89. The van der Waals surface area contributed by atoms with Gasteiger partial charge < -0.3 is 9.64 Å². The Kier molecular flexibility index (Phi) is 7.10. The summed E-state index contributed by atoms with van der Waals surface area (Å²) in [6.07, 6.45) is 3.07. The van der Waals surface area contributed by atoms with E-state index in [9.17, 15) is 13.2 Å². The van der Waals surface area contributed by atoms with E-state index in [1.165, 1.54) is 4.31 Å². The number of benzene rings is 2. The van der Waals surface area contributed by atoms with Gasteiger partial charge in [0, 0.05) is 25.6 Å². The van der Waals surface area contributed by atoms with Crippen LogP contribution in [0.5, 0.6) is 5.75 Å². The van der Waals surface area contributed by atoms with Gasteiger partial charge in [0.15, 0.2) is 0 Å². The molecule has 0 unspecified atom stereocenters. The second-order valence-electron chi connectivity index (χ2n) is 9.36. The van der Waals surface area contributed by atoms with Gasteiger partial charge in [-0.05, 0) is 67.0 Å². The van der Waals surface area contributed by atoms with Gasteiger partial charge in [-0.15, -0.1) is 0 Å². The molecule has 0 bridgehead atoms. The standard InChI is InChI=1S/C26H34N2O4S/c1-19(2)20-8-12-24(13-9-20)33(30,31)27-17-14-22(15-18-27)26(29)28-16-4-5-25(28)21-6-10-23(32-3)11-7-21/h6-13,19,22,25H,4-5,14-18H2,1-3H3/t25-/m0/s1. The van der Waals surface area contributed by atoms with Crippen molar-refractivity contribution in [1.29, 1.82) is 0 Å². The van der Waals surface area contributed by atoms with E-state index in [4.69, 9.17) is 4.74 Å². The van der Waals surface area contributed by atoms with Gasteiger partial charge in [-0.3, -0.25) is 4.79 Å². The number of hydrogen-bond acceptors (Lipinski definition) is 4. The summed E-state index contributed by atoms with van der Waals surface area (Å²) in [6, 6.07) is 15.2. The zero-order valence-corrected chi connectivity index (χ0v) is 20.6. The van der Waals surface area contributed by atoms with Crippen molar-refractivity contribution in [3.05, 3.63) is 59.7 Å². The maximum absolute atomic E-state index is 13.4. The Morgan fingerprint density at radius 3 is 2.15 bits per heavy atom. The highest BCUT2D eigenvalue weighted by Crippen LogP contribution is 2.36. The fourth-order valence-corrected chi connectivity index (χ4v) is 6.42. The summed E-state index contributed by atoms with van der Waals surface area (Å²) in [6.45, 7) is 5.70. The molecule has 0 radical (unpaired) electrons. The summed E-state index contributed by atoms with van der Waals surface area (Å²) in [4.78, 5) is 15.7. The van der Waals surface area contributed by atoms with Gasteiger partial charge in [0.05, 0.1) is 18.0 Å². The molecule has 0 saturated carbocycles. The largest absolute Gasteiger partial charge is 0.497 e. The van der Waals surface area contributed by atoms with Crippen molar-refractivity contribution in [2.75, 3.05) is 26.7 Å². The number of nitrogens with zero attached hydrogens (tertiary/aromatic N) is 2. The molecule has 7 heteroatoms. The molecule has 178 valence electrons. The van der Waals surface area contributed by atoms with Crippen molar-refractivity contribution in [2.45, 2.75) is 56.4 Å². The molecular formula is C26H34N2O4S. The third kappa shape index (κ3) is 4.94. The van der Waals surface area contributed by atoms with Gasteiger partial charge in [-0.1, -0.05) is 38.1 Å². The predicted octanol–water partition coefficient (Wildman–Crippen LogP) is 4.58. The molecule has 0 aliphatic carbocycles. The highest BCUT2D eigenvalue weighted by molar-refractivity contribution is 7.89. The van der Waals surface area contributed by atoms with E-state index in [1.807, 2.05) is 41.3 Å². The van der Waals surface area contributed by atoms with E-state index in [1.54, 1.807) is 19.2 Å². The SMILES string of the molecule is COc1ccc([C@@H]2CCCN2C(=O)C2CCN(S(=O)(=O)c3ccc(C(C)C)cc3)CC2)cc1. The first kappa shape index (κ1) is 23.8. The minimum absolute atomic E-state index is 0.0876. The lowest BCUT2D eigenvalue weighted by molar-refractivity contribution is -0.137. The van der Waals surface area contributed by atoms with E-state index >= 15 is 0 Å². The summed E-state index contributed by atoms with van der Waals surface area (Å²) in [5.41, 5.74) is 2.25. The molecular weight excluding hydrogens is 436 g/mol. The molecule has 0 aromatic heterocycles. The van der Waals surface area contributed by atoms with Gasteiger partial charge in [0.1, 0.15) is 5.75 Å². The Morgan fingerprint density at radius 1 is 0.939 bits per heavy atom. The molecule has 0 N–H and O–H groups in total. The zero-order chi connectivity index (χ0) is 23.6. The summed E-state index contributed by atoms with van der Waals surface area (Å²) >= 11 is 0. The van der Waals surface area contributed by atoms with Crippen LogP contribution in [0.3, 0.4) is 0 Å². The van der Waals surface area contributed by atoms with Gasteiger partial charge in [0.25, 0.3) is 0 Å². The van der Waals surface area contributed by atoms with Gasteiger partial charge in [0.2, 0.25) is 15.9 Å². The van der Waals surface area contributed by atoms with Gasteiger partial charge in [-0.2, -0.15) is 4.31 Å². The first-order valence-electron chi connectivity index (χ1n) is 11.9. The summed E-state index contributed by atoms with van der Waals surface area (Å²) in [5.74, 6) is 1.20. The lowest BCUT2D eigenvalue weighted by Gasteiger charge is -2.34. The van der Waals surface area contributed by atoms with Crippen LogP contribution in [0.2, 0.25) is 0 Å². The van der Waals surface area contributed by atoms with Crippen molar-refractivity contribution in [1.82, 2.24) is 9.21 Å². The molecule has 2 aromatic rings. The second kappa shape index (κ2) is 9.85. The molecule has 2 fully saturated rings. The van der Waals surface area contributed by atoms with Crippen LogP contribution in [0.4, 0.5) is 0 Å². The quantitative estimate of drug-likeness (QED) is 0.620. The Labute approximate surface area is 197 Å². The number of carbonyl (C=O) groups is 1. The molecule has 2 saturated heterocycles. The van der Waals surface area contributed by atoms with E-state index in [-0.39, 0.29) is 17.9 Å².